The van der Waals surface area contributed by atoms with Crippen LogP contribution in [0, 0.1) is 0 Å². The fourth-order valence-electron chi connectivity index (χ4n) is 2.47. The molecule has 1 aliphatic carbocycles. The summed E-state index contributed by atoms with van der Waals surface area (Å²) in [5.41, 5.74) is -0.335. The predicted molar refractivity (Wildman–Crippen MR) is 76.8 cm³/mol. The van der Waals surface area contributed by atoms with Crippen LogP contribution in [0.1, 0.15) is 43.2 Å². The second-order valence-electron chi connectivity index (χ2n) is 5.87. The molecule has 126 valence electrons. The van der Waals surface area contributed by atoms with E-state index in [0.29, 0.717) is 5.56 Å². The summed E-state index contributed by atoms with van der Waals surface area (Å²) >= 11 is 0. The van der Waals surface area contributed by atoms with E-state index in [9.17, 15) is 22.8 Å². The summed E-state index contributed by atoms with van der Waals surface area (Å²) in [5, 5.41) is 8.87. The molecule has 1 amide bonds. The van der Waals surface area contributed by atoms with Gasteiger partial charge in [-0.3, -0.25) is 9.59 Å². The minimum atomic E-state index is -4.43. The first-order valence-corrected chi connectivity index (χ1v) is 7.37. The Morgan fingerprint density at radius 1 is 1.35 bits per heavy atom. The quantitative estimate of drug-likeness (QED) is 0.871. The molecule has 0 heterocycles. The van der Waals surface area contributed by atoms with Crippen molar-refractivity contribution >= 4 is 11.9 Å². The minimum absolute atomic E-state index is 0.00884. The number of nitrogens with zero attached hydrogens (tertiary/aromatic N) is 1. The number of carbonyl (C=O) groups excluding carboxylic acids is 1. The average Bonchev–Trinajstić information content (AvgIpc) is 3.28. The first-order chi connectivity index (χ1) is 10.7. The first kappa shape index (κ1) is 17.3. The third-order valence-corrected chi connectivity index (χ3v) is 3.88. The third kappa shape index (κ3) is 4.71. The Kier molecular flexibility index (Phi) is 4.97. The van der Waals surface area contributed by atoms with Crippen LogP contribution in [0.2, 0.25) is 0 Å². The van der Waals surface area contributed by atoms with Crippen molar-refractivity contribution in [2.24, 2.45) is 0 Å². The number of amides is 1. The van der Waals surface area contributed by atoms with Crippen LogP contribution >= 0.6 is 0 Å². The summed E-state index contributed by atoms with van der Waals surface area (Å²) in [4.78, 5) is 24.4. The molecular formula is C16H18F3NO3. The highest BCUT2D eigenvalue weighted by atomic mass is 19.4. The number of carboxylic acids is 1. The maximum atomic E-state index is 12.7. The molecule has 2 rings (SSSR count). The van der Waals surface area contributed by atoms with Gasteiger partial charge >= 0.3 is 12.1 Å². The lowest BCUT2D eigenvalue weighted by molar-refractivity contribution is -0.145. The molecule has 4 nitrogen and oxygen atoms in total. The van der Waals surface area contributed by atoms with E-state index in [2.05, 4.69) is 0 Å². The molecule has 1 saturated carbocycles. The molecule has 1 aromatic carbocycles. The lowest BCUT2D eigenvalue weighted by atomic mass is 9.95. The molecule has 1 atom stereocenters. The van der Waals surface area contributed by atoms with E-state index in [1.165, 1.54) is 11.0 Å². The molecule has 0 spiro atoms. The van der Waals surface area contributed by atoms with Gasteiger partial charge in [0.15, 0.2) is 0 Å². The van der Waals surface area contributed by atoms with Crippen molar-refractivity contribution in [3.63, 3.8) is 0 Å². The molecule has 1 aliphatic rings. The van der Waals surface area contributed by atoms with E-state index >= 15 is 0 Å². The molecule has 7 heteroatoms. The van der Waals surface area contributed by atoms with Gasteiger partial charge in [0.05, 0.1) is 5.56 Å². The number of halogens is 3. The van der Waals surface area contributed by atoms with E-state index in [-0.39, 0.29) is 24.9 Å². The second-order valence-corrected chi connectivity index (χ2v) is 5.87. The third-order valence-electron chi connectivity index (χ3n) is 3.88. The van der Waals surface area contributed by atoms with Gasteiger partial charge in [-0.25, -0.2) is 0 Å². The zero-order valence-electron chi connectivity index (χ0n) is 12.6. The van der Waals surface area contributed by atoms with Crippen LogP contribution < -0.4 is 0 Å². The Morgan fingerprint density at radius 2 is 2.00 bits per heavy atom. The standard InChI is InChI=1S/C16H18F3NO3/c1-10(11-3-2-4-12(8-11)16(17,18)19)7-14(21)20(9-15(22)23)13-5-6-13/h2-4,8,10,13H,5-7,9H2,1H3,(H,22,23). The fourth-order valence-corrected chi connectivity index (χ4v) is 2.47. The first-order valence-electron chi connectivity index (χ1n) is 7.37. The normalized spacial score (nSPS) is 16.0. The van der Waals surface area contributed by atoms with E-state index in [4.69, 9.17) is 5.11 Å². The van der Waals surface area contributed by atoms with Gasteiger partial charge in [-0.1, -0.05) is 25.1 Å². The summed E-state index contributed by atoms with van der Waals surface area (Å²) in [6, 6.07) is 4.84. The van der Waals surface area contributed by atoms with Crippen molar-refractivity contribution in [2.45, 2.75) is 44.3 Å². The number of hydrogen-bond donors (Lipinski definition) is 1. The minimum Gasteiger partial charge on any atom is -0.480 e. The number of hydrogen-bond acceptors (Lipinski definition) is 2. The molecule has 0 bridgehead atoms. The van der Waals surface area contributed by atoms with Crippen molar-refractivity contribution in [2.75, 3.05) is 6.54 Å². The number of aliphatic carboxylic acids is 1. The van der Waals surface area contributed by atoms with Gasteiger partial charge in [0.2, 0.25) is 5.91 Å². The smallest absolute Gasteiger partial charge is 0.416 e. The number of alkyl halides is 3. The van der Waals surface area contributed by atoms with Crippen LogP contribution in [-0.4, -0.2) is 34.5 Å². The molecule has 1 fully saturated rings. The lowest BCUT2D eigenvalue weighted by Gasteiger charge is -2.22. The van der Waals surface area contributed by atoms with Gasteiger partial charge in [0.25, 0.3) is 0 Å². The van der Waals surface area contributed by atoms with Crippen molar-refractivity contribution in [3.05, 3.63) is 35.4 Å². The average molecular weight is 329 g/mol. The van der Waals surface area contributed by atoms with Gasteiger partial charge in [0.1, 0.15) is 6.54 Å². The largest absolute Gasteiger partial charge is 0.480 e. The van der Waals surface area contributed by atoms with Crippen LogP contribution in [0.25, 0.3) is 0 Å². The Balaban J connectivity index is 2.07. The molecule has 1 N–H and O–H groups in total. The maximum absolute atomic E-state index is 12.7. The van der Waals surface area contributed by atoms with Gasteiger partial charge in [0, 0.05) is 12.5 Å². The van der Waals surface area contributed by atoms with Crippen LogP contribution in [0.5, 0.6) is 0 Å². The molecule has 1 aromatic rings. The number of benzene rings is 1. The molecule has 0 saturated heterocycles. The van der Waals surface area contributed by atoms with Crippen LogP contribution in [0.4, 0.5) is 13.2 Å². The highest BCUT2D eigenvalue weighted by Crippen LogP contribution is 2.33. The van der Waals surface area contributed by atoms with Gasteiger partial charge in [-0.2, -0.15) is 13.2 Å². The highest BCUT2D eigenvalue weighted by Gasteiger charge is 2.35. The Hall–Kier alpha value is -2.05. The van der Waals surface area contributed by atoms with E-state index in [1.807, 2.05) is 0 Å². The van der Waals surface area contributed by atoms with E-state index < -0.39 is 23.6 Å². The molecule has 23 heavy (non-hydrogen) atoms. The van der Waals surface area contributed by atoms with Crippen molar-refractivity contribution in [1.82, 2.24) is 4.90 Å². The molecular weight excluding hydrogens is 311 g/mol. The Labute approximate surface area is 131 Å². The Morgan fingerprint density at radius 3 is 2.52 bits per heavy atom. The fraction of sp³-hybridized carbons (Fsp3) is 0.500. The zero-order valence-corrected chi connectivity index (χ0v) is 12.6. The van der Waals surface area contributed by atoms with Crippen molar-refractivity contribution < 1.29 is 27.9 Å². The van der Waals surface area contributed by atoms with E-state index in [1.54, 1.807) is 13.0 Å². The predicted octanol–water partition coefficient (Wildman–Crippen LogP) is 3.27. The summed E-state index contributed by atoms with van der Waals surface area (Å²) in [5.74, 6) is -1.84. The SMILES string of the molecule is CC(CC(=O)N(CC(=O)O)C1CC1)c1cccc(C(F)(F)F)c1. The van der Waals surface area contributed by atoms with Gasteiger partial charge in [-0.15, -0.1) is 0 Å². The summed E-state index contributed by atoms with van der Waals surface area (Å²) in [6.07, 6.45) is -2.89. The number of carboxylic acid groups (broad SMARTS) is 1. The molecule has 1 unspecified atom stereocenters. The monoisotopic (exact) mass is 329 g/mol. The van der Waals surface area contributed by atoms with Gasteiger partial charge < -0.3 is 10.0 Å². The van der Waals surface area contributed by atoms with Crippen LogP contribution in [0.3, 0.4) is 0 Å². The second kappa shape index (κ2) is 6.60. The van der Waals surface area contributed by atoms with Crippen LogP contribution in [-0.2, 0) is 15.8 Å². The van der Waals surface area contributed by atoms with Crippen molar-refractivity contribution in [3.8, 4) is 0 Å². The molecule has 0 radical (unpaired) electrons. The van der Waals surface area contributed by atoms with Crippen LogP contribution in [0.15, 0.2) is 24.3 Å². The number of rotatable bonds is 6. The summed E-state index contributed by atoms with van der Waals surface area (Å²) < 4.78 is 38.2. The maximum Gasteiger partial charge on any atom is 0.416 e. The molecule has 0 aromatic heterocycles. The zero-order chi connectivity index (χ0) is 17.2. The summed E-state index contributed by atoms with van der Waals surface area (Å²) in [7, 11) is 0. The topological polar surface area (TPSA) is 57.6 Å². The van der Waals surface area contributed by atoms with E-state index in [0.717, 1.165) is 25.0 Å². The van der Waals surface area contributed by atoms with Crippen molar-refractivity contribution in [1.29, 1.82) is 0 Å². The molecule has 0 aliphatic heterocycles. The summed E-state index contributed by atoms with van der Waals surface area (Å²) in [6.45, 7) is 1.30. The highest BCUT2D eigenvalue weighted by molar-refractivity contribution is 5.82. The Bertz CT molecular complexity index is 596. The number of carbonyl (C=O) groups is 2. The van der Waals surface area contributed by atoms with Gasteiger partial charge in [-0.05, 0) is 30.4 Å². The lowest BCUT2D eigenvalue weighted by Crippen LogP contribution is -2.37.